The van der Waals surface area contributed by atoms with Gasteiger partial charge in [0.1, 0.15) is 0 Å². The van der Waals surface area contributed by atoms with E-state index in [9.17, 15) is 18.0 Å². The van der Waals surface area contributed by atoms with Crippen molar-refractivity contribution in [2.45, 2.75) is 23.8 Å². The van der Waals surface area contributed by atoms with Gasteiger partial charge in [-0.05, 0) is 49.7 Å². The van der Waals surface area contributed by atoms with Crippen LogP contribution in [0.1, 0.15) is 33.6 Å². The van der Waals surface area contributed by atoms with Gasteiger partial charge in [0.2, 0.25) is 5.91 Å². The van der Waals surface area contributed by atoms with Gasteiger partial charge in [-0.3, -0.25) is 19.8 Å². The molecule has 0 spiro atoms. The molecule has 186 valence electrons. The van der Waals surface area contributed by atoms with Gasteiger partial charge in [0.15, 0.2) is 15.0 Å². The average molecular weight is 537 g/mol. The molecule has 0 bridgehead atoms. The SMILES string of the molecule is COCC1CCCN1CCS(=O)(=O)c1ccc2nc(NC(=O)c3cccc(C(N)=O)c3Cl)sc2c1. The largest absolute Gasteiger partial charge is 0.383 e. The van der Waals surface area contributed by atoms with E-state index in [0.29, 0.717) is 23.4 Å². The van der Waals surface area contributed by atoms with E-state index in [1.54, 1.807) is 19.2 Å². The molecule has 1 aliphatic heterocycles. The lowest BCUT2D eigenvalue weighted by molar-refractivity contribution is 0.100. The van der Waals surface area contributed by atoms with Gasteiger partial charge in [-0.2, -0.15) is 0 Å². The minimum Gasteiger partial charge on any atom is -0.383 e. The molecule has 3 aromatic rings. The van der Waals surface area contributed by atoms with Crippen LogP contribution < -0.4 is 11.1 Å². The molecule has 2 aromatic carbocycles. The van der Waals surface area contributed by atoms with Gasteiger partial charge in [-0.25, -0.2) is 13.4 Å². The summed E-state index contributed by atoms with van der Waals surface area (Å²) >= 11 is 7.31. The van der Waals surface area contributed by atoms with E-state index < -0.39 is 21.7 Å². The Bertz CT molecular complexity index is 1380. The molecule has 9 nitrogen and oxygen atoms in total. The number of hydrogen-bond donors (Lipinski definition) is 2. The van der Waals surface area contributed by atoms with Crippen LogP contribution in [-0.2, 0) is 14.6 Å². The predicted octanol–water partition coefficient (Wildman–Crippen LogP) is 3.19. The zero-order valence-corrected chi connectivity index (χ0v) is 21.4. The van der Waals surface area contributed by atoms with Crippen molar-refractivity contribution in [3.8, 4) is 0 Å². The van der Waals surface area contributed by atoms with Crippen LogP contribution >= 0.6 is 22.9 Å². The lowest BCUT2D eigenvalue weighted by Gasteiger charge is -2.23. The van der Waals surface area contributed by atoms with Gasteiger partial charge in [-0.1, -0.05) is 29.0 Å². The number of halogens is 1. The molecule has 1 aromatic heterocycles. The summed E-state index contributed by atoms with van der Waals surface area (Å²) in [6.45, 7) is 1.91. The van der Waals surface area contributed by atoms with Gasteiger partial charge in [-0.15, -0.1) is 0 Å². The minimum atomic E-state index is -3.51. The number of carbonyl (C=O) groups is 2. The number of likely N-dealkylation sites (tertiary alicyclic amines) is 1. The van der Waals surface area contributed by atoms with Crippen molar-refractivity contribution in [3.05, 3.63) is 52.5 Å². The quantitative estimate of drug-likeness (QED) is 0.429. The fraction of sp³-hybridized carbons (Fsp3) is 0.348. The summed E-state index contributed by atoms with van der Waals surface area (Å²) in [5.41, 5.74) is 5.97. The Balaban J connectivity index is 1.49. The smallest absolute Gasteiger partial charge is 0.258 e. The van der Waals surface area contributed by atoms with Crippen molar-refractivity contribution in [3.63, 3.8) is 0 Å². The molecule has 2 amide bonds. The number of hydrogen-bond acceptors (Lipinski definition) is 8. The van der Waals surface area contributed by atoms with E-state index in [0.717, 1.165) is 30.7 Å². The number of aromatic nitrogens is 1. The Hall–Kier alpha value is -2.57. The molecular formula is C23H25ClN4O5S2. The molecular weight excluding hydrogens is 512 g/mol. The van der Waals surface area contributed by atoms with Crippen LogP contribution in [0.25, 0.3) is 10.2 Å². The van der Waals surface area contributed by atoms with Crippen LogP contribution in [0.15, 0.2) is 41.3 Å². The zero-order valence-electron chi connectivity index (χ0n) is 19.0. The third-order valence-electron chi connectivity index (χ3n) is 5.95. The zero-order chi connectivity index (χ0) is 25.2. The number of ether oxygens (including phenoxy) is 1. The molecule has 12 heteroatoms. The second kappa shape index (κ2) is 10.6. The maximum atomic E-state index is 13.0. The van der Waals surface area contributed by atoms with E-state index in [2.05, 4.69) is 15.2 Å². The van der Waals surface area contributed by atoms with Gasteiger partial charge in [0, 0.05) is 19.7 Å². The van der Waals surface area contributed by atoms with Gasteiger partial charge in [0.05, 0.1) is 43.6 Å². The highest BCUT2D eigenvalue weighted by molar-refractivity contribution is 7.91. The van der Waals surface area contributed by atoms with Crippen LogP contribution in [-0.4, -0.2) is 68.7 Å². The van der Waals surface area contributed by atoms with Crippen LogP contribution in [0.2, 0.25) is 5.02 Å². The maximum absolute atomic E-state index is 13.0. The first kappa shape index (κ1) is 25.5. The number of anilines is 1. The van der Waals surface area contributed by atoms with E-state index in [1.165, 1.54) is 24.3 Å². The number of nitrogens with zero attached hydrogens (tertiary/aromatic N) is 2. The lowest BCUT2D eigenvalue weighted by Crippen LogP contribution is -2.36. The molecule has 1 fully saturated rings. The summed E-state index contributed by atoms with van der Waals surface area (Å²) in [6.07, 6.45) is 2.04. The van der Waals surface area contributed by atoms with Crippen molar-refractivity contribution in [1.82, 2.24) is 9.88 Å². The molecule has 1 unspecified atom stereocenters. The highest BCUT2D eigenvalue weighted by atomic mass is 35.5. The normalized spacial score (nSPS) is 16.6. The number of amides is 2. The number of primary amides is 1. The Kier molecular flexibility index (Phi) is 7.72. The van der Waals surface area contributed by atoms with Crippen molar-refractivity contribution in [2.75, 3.05) is 37.9 Å². The average Bonchev–Trinajstić information content (AvgIpc) is 3.43. The third-order valence-corrected chi connectivity index (χ3v) is 8.99. The third kappa shape index (κ3) is 5.65. The number of benzene rings is 2. The lowest BCUT2D eigenvalue weighted by atomic mass is 10.1. The number of thiazole rings is 1. The van der Waals surface area contributed by atoms with Gasteiger partial charge in [0.25, 0.3) is 5.91 Å². The highest BCUT2D eigenvalue weighted by Gasteiger charge is 2.26. The summed E-state index contributed by atoms with van der Waals surface area (Å²) in [7, 11) is -1.85. The molecule has 4 rings (SSSR count). The molecule has 1 aliphatic rings. The molecule has 1 atom stereocenters. The minimum absolute atomic E-state index is 0.00974. The van der Waals surface area contributed by atoms with Crippen LogP contribution in [0.4, 0.5) is 5.13 Å². The molecule has 1 saturated heterocycles. The van der Waals surface area contributed by atoms with Crippen molar-refractivity contribution in [1.29, 1.82) is 0 Å². The molecule has 3 N–H and O–H groups in total. The second-order valence-corrected chi connectivity index (χ2v) is 11.8. The summed E-state index contributed by atoms with van der Waals surface area (Å²) in [5.74, 6) is -1.28. The topological polar surface area (TPSA) is 132 Å². The Labute approximate surface area is 212 Å². The summed E-state index contributed by atoms with van der Waals surface area (Å²) in [6, 6.07) is 9.40. The predicted molar refractivity (Wildman–Crippen MR) is 136 cm³/mol. The Morgan fingerprint density at radius 2 is 2.06 bits per heavy atom. The number of nitrogens with two attached hydrogens (primary N) is 1. The molecule has 35 heavy (non-hydrogen) atoms. The number of sulfone groups is 1. The number of fused-ring (bicyclic) bond motifs is 1. The van der Waals surface area contributed by atoms with Gasteiger partial charge < -0.3 is 10.5 Å². The van der Waals surface area contributed by atoms with Crippen molar-refractivity contribution < 1.29 is 22.7 Å². The van der Waals surface area contributed by atoms with E-state index in [1.807, 2.05) is 0 Å². The van der Waals surface area contributed by atoms with Crippen molar-refractivity contribution >= 4 is 59.9 Å². The van der Waals surface area contributed by atoms with E-state index in [-0.39, 0.29) is 38.0 Å². The molecule has 2 heterocycles. The molecule has 0 radical (unpaired) electrons. The van der Waals surface area contributed by atoms with Crippen LogP contribution in [0, 0.1) is 0 Å². The second-order valence-electron chi connectivity index (χ2n) is 8.24. The first-order chi connectivity index (χ1) is 16.7. The first-order valence-electron chi connectivity index (χ1n) is 11.0. The first-order valence-corrected chi connectivity index (χ1v) is 13.8. The van der Waals surface area contributed by atoms with Crippen LogP contribution in [0.3, 0.4) is 0 Å². The summed E-state index contributed by atoms with van der Waals surface area (Å²) < 4.78 is 31.9. The number of nitrogens with one attached hydrogen (secondary N) is 1. The maximum Gasteiger partial charge on any atom is 0.258 e. The van der Waals surface area contributed by atoms with Crippen LogP contribution in [0.5, 0.6) is 0 Å². The highest BCUT2D eigenvalue weighted by Crippen LogP contribution is 2.30. The molecule has 0 saturated carbocycles. The van der Waals surface area contributed by atoms with E-state index in [4.69, 9.17) is 22.1 Å². The number of carbonyl (C=O) groups excluding carboxylic acids is 2. The molecule has 0 aliphatic carbocycles. The standard InChI is InChI=1S/C23H25ClN4O5S2/c1-33-13-14-4-3-9-28(14)10-11-35(31,32)15-7-8-18-19(12-15)34-23(26-18)27-22(30)17-6-2-5-16(20(17)24)21(25)29/h2,5-8,12,14H,3-4,9-11,13H2,1H3,(H2,25,29)(H,26,27,30). The summed E-state index contributed by atoms with van der Waals surface area (Å²) in [5, 5.41) is 2.89. The number of methoxy groups -OCH3 is 1. The Morgan fingerprint density at radius 1 is 1.29 bits per heavy atom. The fourth-order valence-electron chi connectivity index (χ4n) is 4.14. The Morgan fingerprint density at radius 3 is 2.80 bits per heavy atom. The number of rotatable bonds is 9. The monoisotopic (exact) mass is 536 g/mol. The van der Waals surface area contributed by atoms with Crippen molar-refractivity contribution in [2.24, 2.45) is 5.73 Å². The summed E-state index contributed by atoms with van der Waals surface area (Å²) in [4.78, 5) is 30.9. The van der Waals surface area contributed by atoms with Gasteiger partial charge >= 0.3 is 0 Å². The fourth-order valence-corrected chi connectivity index (χ4v) is 6.70. The van der Waals surface area contributed by atoms with E-state index >= 15 is 0 Å².